The lowest BCUT2D eigenvalue weighted by Crippen LogP contribution is -2.31. The van der Waals surface area contributed by atoms with Crippen molar-refractivity contribution in [2.45, 2.75) is 6.30 Å². The molecule has 0 heterocycles. The molecule has 6 heteroatoms. The maximum atomic E-state index is 11.7. The van der Waals surface area contributed by atoms with Gasteiger partial charge in [-0.05, 0) is 0 Å². The van der Waals surface area contributed by atoms with Gasteiger partial charge in [0, 0.05) is 7.05 Å². The zero-order valence-corrected chi connectivity index (χ0v) is 4.91. The Kier molecular flexibility index (Phi) is 2.62. The average molecular weight is 161 g/mol. The number of alkyl halides is 3. The molecule has 0 aromatic carbocycles. The predicted octanol–water partition coefficient (Wildman–Crippen LogP) is 2.18. The fourth-order valence-electron chi connectivity index (χ4n) is 0.194. The number of rotatable bonds is 1. The van der Waals surface area contributed by atoms with Crippen LogP contribution in [0.5, 0.6) is 0 Å². The molecule has 0 unspecified atom stereocenters. The van der Waals surface area contributed by atoms with Gasteiger partial charge in [-0.2, -0.15) is 17.6 Å². The fourth-order valence-corrected chi connectivity index (χ4v) is 0.194. The van der Waals surface area contributed by atoms with Gasteiger partial charge in [0.25, 0.3) is 0 Å². The van der Waals surface area contributed by atoms with Crippen molar-refractivity contribution < 1.29 is 22.0 Å². The largest absolute Gasteiger partial charge is 0.486 e. The zero-order valence-electron chi connectivity index (χ0n) is 4.91. The van der Waals surface area contributed by atoms with Crippen LogP contribution in [0, 0.1) is 0 Å². The Balaban J connectivity index is 4.23. The third kappa shape index (κ3) is 2.20. The van der Waals surface area contributed by atoms with E-state index in [-0.39, 0.29) is 0 Å². The minimum atomic E-state index is -4.87. The van der Waals surface area contributed by atoms with Crippen molar-refractivity contribution in [2.75, 3.05) is 7.05 Å². The van der Waals surface area contributed by atoms with E-state index in [2.05, 4.69) is 0 Å². The van der Waals surface area contributed by atoms with Gasteiger partial charge in [-0.1, -0.05) is 0 Å². The summed E-state index contributed by atoms with van der Waals surface area (Å²) in [6.45, 7) is 0. The number of hydrogen-bond donors (Lipinski definition) is 0. The molecule has 0 amide bonds. The van der Waals surface area contributed by atoms with Crippen LogP contribution in [0.3, 0.4) is 0 Å². The van der Waals surface area contributed by atoms with Crippen LogP contribution in [0.4, 0.5) is 22.0 Å². The summed E-state index contributed by atoms with van der Waals surface area (Å²) in [5.41, 5.74) is 0. The highest BCUT2D eigenvalue weighted by atomic mass is 19.4. The molecular formula is C4H4F5N. The molecule has 60 valence electrons. The average Bonchev–Trinajstić information content (AvgIpc) is 1.83. The lowest BCUT2D eigenvalue weighted by atomic mass is 10.7. The number of halogens is 5. The van der Waals surface area contributed by atoms with Crippen LogP contribution in [-0.4, -0.2) is 18.2 Å². The molecule has 0 aromatic heterocycles. The maximum absolute atomic E-state index is 11.7. The highest BCUT2D eigenvalue weighted by Gasteiger charge is 2.36. The van der Waals surface area contributed by atoms with E-state index in [0.29, 0.717) is 7.05 Å². The first-order valence-corrected chi connectivity index (χ1v) is 2.16. The van der Waals surface area contributed by atoms with Gasteiger partial charge in [0.2, 0.25) is 5.95 Å². The van der Waals surface area contributed by atoms with E-state index in [1.165, 1.54) is 0 Å². The Labute approximate surface area is 53.7 Å². The van der Waals surface area contributed by atoms with E-state index < -0.39 is 23.5 Å². The van der Waals surface area contributed by atoms with Crippen LogP contribution >= 0.6 is 0 Å². The standard InChI is InChI=1S/C4H4F5N/c1-10(3(6)2-5)4(7,8)9/h2H,1H3/b3-2-. The second kappa shape index (κ2) is 2.85. The quantitative estimate of drug-likeness (QED) is 0.420. The molecule has 0 N–H and O–H groups in total. The van der Waals surface area contributed by atoms with E-state index in [0.717, 1.165) is 0 Å². The first-order chi connectivity index (χ1) is 4.39. The summed E-state index contributed by atoms with van der Waals surface area (Å²) in [6.07, 6.45) is -5.62. The van der Waals surface area contributed by atoms with Gasteiger partial charge in [-0.15, -0.1) is 0 Å². The molecule has 0 fully saturated rings. The van der Waals surface area contributed by atoms with Crippen molar-refractivity contribution >= 4 is 0 Å². The highest BCUT2D eigenvalue weighted by molar-refractivity contribution is 4.84. The molecule has 0 spiro atoms. The van der Waals surface area contributed by atoms with Crippen molar-refractivity contribution in [1.29, 1.82) is 0 Å². The Morgan fingerprint density at radius 1 is 1.40 bits per heavy atom. The Hall–Kier alpha value is -0.810. The second-order valence-corrected chi connectivity index (χ2v) is 1.46. The zero-order chi connectivity index (χ0) is 8.36. The van der Waals surface area contributed by atoms with Crippen LogP contribution < -0.4 is 0 Å². The molecule has 0 aliphatic heterocycles. The van der Waals surface area contributed by atoms with E-state index in [1.54, 1.807) is 0 Å². The lowest BCUT2D eigenvalue weighted by Gasteiger charge is -2.18. The van der Waals surface area contributed by atoms with Crippen molar-refractivity contribution in [1.82, 2.24) is 4.90 Å². The van der Waals surface area contributed by atoms with Crippen LogP contribution in [0.1, 0.15) is 0 Å². The first kappa shape index (κ1) is 9.19. The van der Waals surface area contributed by atoms with Crippen LogP contribution in [0.15, 0.2) is 12.3 Å². The van der Waals surface area contributed by atoms with Gasteiger partial charge in [0.1, 0.15) is 6.33 Å². The minimum Gasteiger partial charge on any atom is -0.261 e. The molecule has 10 heavy (non-hydrogen) atoms. The van der Waals surface area contributed by atoms with Crippen molar-refractivity contribution in [3.8, 4) is 0 Å². The topological polar surface area (TPSA) is 3.24 Å². The van der Waals surface area contributed by atoms with E-state index in [9.17, 15) is 22.0 Å². The van der Waals surface area contributed by atoms with Crippen LogP contribution in [0.25, 0.3) is 0 Å². The minimum absolute atomic E-state index is 0.380. The molecule has 0 aliphatic rings. The molecule has 0 rings (SSSR count). The van der Waals surface area contributed by atoms with Gasteiger partial charge in [-0.3, -0.25) is 4.90 Å². The highest BCUT2D eigenvalue weighted by Crippen LogP contribution is 2.23. The van der Waals surface area contributed by atoms with E-state index >= 15 is 0 Å². The molecule has 0 aromatic rings. The Bertz CT molecular complexity index is 137. The summed E-state index contributed by atoms with van der Waals surface area (Å²) in [7, 11) is 0.380. The molecule has 0 aliphatic carbocycles. The molecule has 1 nitrogen and oxygen atoms in total. The van der Waals surface area contributed by atoms with Crippen molar-refractivity contribution in [2.24, 2.45) is 0 Å². The van der Waals surface area contributed by atoms with Crippen LogP contribution in [0.2, 0.25) is 0 Å². The third-order valence-corrected chi connectivity index (χ3v) is 0.791. The molecular weight excluding hydrogens is 157 g/mol. The summed E-state index contributed by atoms with van der Waals surface area (Å²) in [6, 6.07) is 0. The van der Waals surface area contributed by atoms with E-state index in [4.69, 9.17) is 0 Å². The van der Waals surface area contributed by atoms with Gasteiger partial charge >= 0.3 is 6.30 Å². The third-order valence-electron chi connectivity index (χ3n) is 0.791. The van der Waals surface area contributed by atoms with Gasteiger partial charge in [0.05, 0.1) is 0 Å². The van der Waals surface area contributed by atoms with Crippen molar-refractivity contribution in [3.05, 3.63) is 12.3 Å². The summed E-state index contributed by atoms with van der Waals surface area (Å²) >= 11 is 0. The fraction of sp³-hybridized carbons (Fsp3) is 0.500. The van der Waals surface area contributed by atoms with E-state index in [1.807, 2.05) is 0 Å². The van der Waals surface area contributed by atoms with Gasteiger partial charge < -0.3 is 0 Å². The van der Waals surface area contributed by atoms with Crippen LogP contribution in [-0.2, 0) is 0 Å². The molecule has 0 bridgehead atoms. The van der Waals surface area contributed by atoms with Gasteiger partial charge in [-0.25, -0.2) is 4.39 Å². The SMILES string of the molecule is CN(/C(F)=C\F)C(F)(F)F. The molecule has 0 saturated carbocycles. The lowest BCUT2D eigenvalue weighted by molar-refractivity contribution is -0.230. The van der Waals surface area contributed by atoms with Crippen molar-refractivity contribution in [3.63, 3.8) is 0 Å². The molecule has 0 saturated heterocycles. The predicted molar refractivity (Wildman–Crippen MR) is 24.1 cm³/mol. The monoisotopic (exact) mass is 161 g/mol. The number of nitrogens with zero attached hydrogens (tertiary/aromatic N) is 1. The summed E-state index contributed by atoms with van der Waals surface area (Å²) in [4.78, 5) is -0.771. The molecule has 0 radical (unpaired) electrons. The number of hydrogen-bond acceptors (Lipinski definition) is 1. The normalized spacial score (nSPS) is 13.6. The van der Waals surface area contributed by atoms with Gasteiger partial charge in [0.15, 0.2) is 0 Å². The maximum Gasteiger partial charge on any atom is 0.486 e. The smallest absolute Gasteiger partial charge is 0.261 e. The Morgan fingerprint density at radius 3 is 1.90 bits per heavy atom. The Morgan fingerprint density at radius 2 is 1.80 bits per heavy atom. The second-order valence-electron chi connectivity index (χ2n) is 1.46. The first-order valence-electron chi connectivity index (χ1n) is 2.16. The molecule has 0 atom stereocenters. The summed E-state index contributed by atoms with van der Waals surface area (Å²) in [5, 5.41) is 0. The summed E-state index contributed by atoms with van der Waals surface area (Å²) in [5.74, 6) is -1.97. The summed E-state index contributed by atoms with van der Waals surface area (Å²) < 4.78 is 56.9.